The molecule has 1 amide bonds. The van der Waals surface area contributed by atoms with Crippen molar-refractivity contribution in [3.05, 3.63) is 130 Å². The highest BCUT2D eigenvalue weighted by Crippen LogP contribution is 2.21. The van der Waals surface area contributed by atoms with E-state index in [0.29, 0.717) is 44.9 Å². The summed E-state index contributed by atoms with van der Waals surface area (Å²) < 4.78 is 3.10. The summed E-state index contributed by atoms with van der Waals surface area (Å²) in [4.78, 5) is 40.9. The van der Waals surface area contributed by atoms with E-state index in [-0.39, 0.29) is 11.5 Å². The van der Waals surface area contributed by atoms with E-state index < -0.39 is 6.04 Å². The van der Waals surface area contributed by atoms with Gasteiger partial charge in [-0.1, -0.05) is 36.1 Å². The van der Waals surface area contributed by atoms with Gasteiger partial charge in [-0.3, -0.25) is 19.1 Å². The average molecular weight is 526 g/mol. The minimum Gasteiger partial charge on any atom is -0.342 e. The standard InChI is InChI=1S/C31H23N7O2/c1-20-26(29-33-17-8-18-37(29)36-20)30(39)34-21(2)28-35-25-13-6-10-23(15-14-22-9-7-16-32-19-22)27(25)31(40)38(28)24-11-4-3-5-12-24/h3-13,16-19,21H,1-2H3,(H,34,39)/t21-/m1/s1. The maximum Gasteiger partial charge on any atom is 0.267 e. The van der Waals surface area contributed by atoms with Crippen molar-refractivity contribution < 1.29 is 4.79 Å². The number of carbonyl (C=O) groups excluding carboxylic acids is 1. The maximum absolute atomic E-state index is 14.1. The van der Waals surface area contributed by atoms with Crippen molar-refractivity contribution in [1.29, 1.82) is 0 Å². The average Bonchev–Trinajstić information content (AvgIpc) is 3.32. The van der Waals surface area contributed by atoms with Crippen LogP contribution >= 0.6 is 0 Å². The van der Waals surface area contributed by atoms with Crippen LogP contribution in [0.2, 0.25) is 0 Å². The molecule has 0 aliphatic carbocycles. The van der Waals surface area contributed by atoms with Crippen LogP contribution in [0.5, 0.6) is 0 Å². The van der Waals surface area contributed by atoms with Gasteiger partial charge in [-0.2, -0.15) is 5.10 Å². The van der Waals surface area contributed by atoms with Gasteiger partial charge in [0.1, 0.15) is 11.4 Å². The van der Waals surface area contributed by atoms with E-state index in [4.69, 9.17) is 4.98 Å². The Bertz CT molecular complexity index is 2000. The molecule has 0 aliphatic heterocycles. The fourth-order valence-electron chi connectivity index (χ4n) is 4.64. The molecule has 194 valence electrons. The highest BCUT2D eigenvalue weighted by atomic mass is 16.2. The summed E-state index contributed by atoms with van der Waals surface area (Å²) in [5, 5.41) is 7.79. The van der Waals surface area contributed by atoms with Crippen LogP contribution in [0.15, 0.2) is 96.3 Å². The maximum atomic E-state index is 14.1. The summed E-state index contributed by atoms with van der Waals surface area (Å²) in [6.45, 7) is 3.56. The molecular weight excluding hydrogens is 502 g/mol. The lowest BCUT2D eigenvalue weighted by molar-refractivity contribution is 0.0938. The summed E-state index contributed by atoms with van der Waals surface area (Å²) in [6, 6.07) is 19.4. The third kappa shape index (κ3) is 4.48. The number of hydrogen-bond donors (Lipinski definition) is 1. The van der Waals surface area contributed by atoms with Crippen LogP contribution in [0, 0.1) is 18.8 Å². The second-order valence-electron chi connectivity index (χ2n) is 9.18. The van der Waals surface area contributed by atoms with E-state index in [1.807, 2.05) is 48.5 Å². The molecule has 4 heterocycles. The second-order valence-corrected chi connectivity index (χ2v) is 9.18. The molecule has 9 heteroatoms. The minimum atomic E-state index is -0.631. The molecule has 0 unspecified atom stereocenters. The fraction of sp³-hybridized carbons (Fsp3) is 0.0968. The highest BCUT2D eigenvalue weighted by Gasteiger charge is 2.24. The molecule has 2 aromatic carbocycles. The van der Waals surface area contributed by atoms with Crippen molar-refractivity contribution in [2.75, 3.05) is 0 Å². The Balaban J connectivity index is 1.48. The van der Waals surface area contributed by atoms with Crippen LogP contribution in [0.4, 0.5) is 0 Å². The number of carbonyl (C=O) groups is 1. The number of para-hydroxylation sites is 1. The van der Waals surface area contributed by atoms with Crippen LogP contribution in [0.25, 0.3) is 22.2 Å². The van der Waals surface area contributed by atoms with Gasteiger partial charge in [0.05, 0.1) is 28.3 Å². The van der Waals surface area contributed by atoms with Crippen molar-refractivity contribution in [2.24, 2.45) is 0 Å². The van der Waals surface area contributed by atoms with E-state index in [1.165, 1.54) is 4.57 Å². The molecule has 6 rings (SSSR count). The fourth-order valence-corrected chi connectivity index (χ4v) is 4.64. The van der Waals surface area contributed by atoms with Gasteiger partial charge in [-0.05, 0) is 56.3 Å². The molecule has 4 aromatic heterocycles. The van der Waals surface area contributed by atoms with E-state index in [9.17, 15) is 9.59 Å². The van der Waals surface area contributed by atoms with Crippen LogP contribution in [-0.2, 0) is 0 Å². The zero-order valence-electron chi connectivity index (χ0n) is 21.7. The Hall–Kier alpha value is -5.62. The normalized spacial score (nSPS) is 11.7. The predicted octanol–water partition coefficient (Wildman–Crippen LogP) is 4.02. The number of benzene rings is 2. The molecule has 0 aliphatic rings. The molecule has 9 nitrogen and oxygen atoms in total. The molecule has 1 atom stereocenters. The van der Waals surface area contributed by atoms with Crippen molar-refractivity contribution in [3.8, 4) is 17.5 Å². The predicted molar refractivity (Wildman–Crippen MR) is 151 cm³/mol. The summed E-state index contributed by atoms with van der Waals surface area (Å²) >= 11 is 0. The number of amides is 1. The minimum absolute atomic E-state index is 0.280. The van der Waals surface area contributed by atoms with Crippen molar-refractivity contribution in [1.82, 2.24) is 34.4 Å². The largest absolute Gasteiger partial charge is 0.342 e. The van der Waals surface area contributed by atoms with E-state index >= 15 is 0 Å². The summed E-state index contributed by atoms with van der Waals surface area (Å²) in [5.41, 5.74) is 3.50. The highest BCUT2D eigenvalue weighted by molar-refractivity contribution is 6.01. The molecule has 0 fully saturated rings. The zero-order valence-corrected chi connectivity index (χ0v) is 21.7. The van der Waals surface area contributed by atoms with Gasteiger partial charge in [0.2, 0.25) is 0 Å². The van der Waals surface area contributed by atoms with Crippen LogP contribution in [-0.4, -0.2) is 35.0 Å². The topological polar surface area (TPSA) is 107 Å². The van der Waals surface area contributed by atoms with Gasteiger partial charge >= 0.3 is 0 Å². The smallest absolute Gasteiger partial charge is 0.267 e. The summed E-state index contributed by atoms with van der Waals surface area (Å²) in [6.07, 6.45) is 6.70. The molecule has 0 bridgehead atoms. The number of nitrogens with zero attached hydrogens (tertiary/aromatic N) is 6. The first-order valence-corrected chi connectivity index (χ1v) is 12.6. The van der Waals surface area contributed by atoms with Crippen molar-refractivity contribution in [2.45, 2.75) is 19.9 Å². The zero-order chi connectivity index (χ0) is 27.6. The lowest BCUT2D eigenvalue weighted by atomic mass is 10.1. The first-order valence-electron chi connectivity index (χ1n) is 12.6. The Kier molecular flexibility index (Phi) is 6.34. The number of nitrogens with one attached hydrogen (secondary N) is 1. The van der Waals surface area contributed by atoms with Gasteiger partial charge in [-0.25, -0.2) is 14.5 Å². The molecule has 40 heavy (non-hydrogen) atoms. The molecule has 0 spiro atoms. The van der Waals surface area contributed by atoms with Gasteiger partial charge in [0, 0.05) is 35.9 Å². The second kappa shape index (κ2) is 10.3. The molecule has 1 N–H and O–H groups in total. The van der Waals surface area contributed by atoms with E-state index in [1.54, 1.807) is 61.3 Å². The number of aromatic nitrogens is 6. The Labute approximate surface area is 229 Å². The molecule has 6 aromatic rings. The molecule has 0 saturated heterocycles. The van der Waals surface area contributed by atoms with Gasteiger partial charge < -0.3 is 5.32 Å². The Morgan fingerprint density at radius 3 is 2.62 bits per heavy atom. The molecule has 0 radical (unpaired) electrons. The summed E-state index contributed by atoms with van der Waals surface area (Å²) in [7, 11) is 0. The molecular formula is C31H23N7O2. The van der Waals surface area contributed by atoms with Gasteiger partial charge in [0.25, 0.3) is 11.5 Å². The third-order valence-electron chi connectivity index (χ3n) is 6.47. The number of hydrogen-bond acceptors (Lipinski definition) is 6. The lowest BCUT2D eigenvalue weighted by Gasteiger charge is -2.20. The number of aryl methyl sites for hydroxylation is 1. The quantitative estimate of drug-likeness (QED) is 0.349. The Morgan fingerprint density at radius 2 is 1.82 bits per heavy atom. The van der Waals surface area contributed by atoms with Crippen molar-refractivity contribution >= 4 is 22.5 Å². The SMILES string of the molecule is Cc1nn2cccnc2c1C(=O)N[C@H](C)c1nc2cccc(C#Cc3cccnc3)c2c(=O)n1-c1ccccc1. The monoisotopic (exact) mass is 525 g/mol. The molecule has 0 saturated carbocycles. The van der Waals surface area contributed by atoms with E-state index in [2.05, 4.69) is 32.2 Å². The van der Waals surface area contributed by atoms with Crippen molar-refractivity contribution in [3.63, 3.8) is 0 Å². The van der Waals surface area contributed by atoms with Crippen LogP contribution < -0.4 is 10.9 Å². The van der Waals surface area contributed by atoms with E-state index in [0.717, 1.165) is 5.56 Å². The first kappa shape index (κ1) is 24.7. The van der Waals surface area contributed by atoms with Crippen LogP contribution in [0.1, 0.15) is 46.0 Å². The van der Waals surface area contributed by atoms with Crippen LogP contribution in [0.3, 0.4) is 0 Å². The number of fused-ring (bicyclic) bond motifs is 2. The number of pyridine rings is 1. The number of rotatable bonds is 4. The lowest BCUT2D eigenvalue weighted by Crippen LogP contribution is -2.33. The van der Waals surface area contributed by atoms with Gasteiger partial charge in [-0.15, -0.1) is 0 Å². The Morgan fingerprint density at radius 1 is 0.975 bits per heavy atom. The third-order valence-corrected chi connectivity index (χ3v) is 6.47. The first-order chi connectivity index (χ1) is 19.5. The summed E-state index contributed by atoms with van der Waals surface area (Å²) in [5.74, 6) is 6.22. The van der Waals surface area contributed by atoms with Gasteiger partial charge in [0.15, 0.2) is 5.65 Å².